The number of carbonyl (C=O) groups is 1. The Balaban J connectivity index is 1.93. The molecule has 5 nitrogen and oxygen atoms in total. The van der Waals surface area contributed by atoms with E-state index >= 15 is 0 Å². The minimum Gasteiger partial charge on any atom is -0.480 e. The topological polar surface area (TPSA) is 67.2 Å². The van der Waals surface area contributed by atoms with Crippen LogP contribution in [0, 0.1) is 5.92 Å². The van der Waals surface area contributed by atoms with E-state index in [9.17, 15) is 9.90 Å². The van der Waals surface area contributed by atoms with E-state index in [-0.39, 0.29) is 5.92 Å². The number of nitrogens with zero attached hydrogens (tertiary/aromatic N) is 2. The Morgan fingerprint density at radius 3 is 2.67 bits per heavy atom. The highest BCUT2D eigenvalue weighted by molar-refractivity contribution is 6.31. The predicted octanol–water partition coefficient (Wildman–Crippen LogP) is 4.33. The number of hydrogen-bond acceptors (Lipinski definition) is 3. The molecule has 0 saturated heterocycles. The summed E-state index contributed by atoms with van der Waals surface area (Å²) in [5.74, 6) is -0.00677. The average molecular weight is 386 g/mol. The third kappa shape index (κ3) is 4.49. The molecule has 3 rings (SSSR count). The highest BCUT2D eigenvalue weighted by Crippen LogP contribution is 2.22. The van der Waals surface area contributed by atoms with Gasteiger partial charge in [0.25, 0.3) is 0 Å². The summed E-state index contributed by atoms with van der Waals surface area (Å²) in [5, 5.41) is 13.3. The second kappa shape index (κ2) is 8.55. The van der Waals surface area contributed by atoms with Crippen molar-refractivity contribution in [2.45, 2.75) is 39.4 Å². The van der Waals surface area contributed by atoms with Crippen molar-refractivity contribution in [1.29, 1.82) is 0 Å². The van der Waals surface area contributed by atoms with Crippen LogP contribution in [-0.4, -0.2) is 26.7 Å². The molecule has 27 heavy (non-hydrogen) atoms. The largest absolute Gasteiger partial charge is 0.480 e. The Morgan fingerprint density at radius 2 is 2.00 bits per heavy atom. The van der Waals surface area contributed by atoms with Crippen LogP contribution >= 0.6 is 11.6 Å². The summed E-state index contributed by atoms with van der Waals surface area (Å²) >= 11 is 6.13. The SMILES string of the molecule is CC[C@H](C)[C@H](NCc1nc2cc(Cl)ccc2n1Cc1ccccc1)C(=O)O. The number of carboxylic acids is 1. The van der Waals surface area contributed by atoms with Crippen LogP contribution in [0.4, 0.5) is 0 Å². The van der Waals surface area contributed by atoms with Crippen molar-refractivity contribution in [1.82, 2.24) is 14.9 Å². The smallest absolute Gasteiger partial charge is 0.320 e. The first-order valence-electron chi connectivity index (χ1n) is 9.14. The fourth-order valence-electron chi connectivity index (χ4n) is 3.20. The third-order valence-electron chi connectivity index (χ3n) is 4.93. The molecule has 0 spiro atoms. The molecule has 2 aromatic carbocycles. The highest BCUT2D eigenvalue weighted by atomic mass is 35.5. The second-order valence-electron chi connectivity index (χ2n) is 6.82. The van der Waals surface area contributed by atoms with E-state index in [0.717, 1.165) is 28.8 Å². The normalized spacial score (nSPS) is 13.6. The van der Waals surface area contributed by atoms with Gasteiger partial charge in [-0.15, -0.1) is 0 Å². The molecule has 0 unspecified atom stereocenters. The molecule has 1 aromatic heterocycles. The third-order valence-corrected chi connectivity index (χ3v) is 5.17. The average Bonchev–Trinajstić information content (AvgIpc) is 2.98. The second-order valence-corrected chi connectivity index (χ2v) is 7.25. The van der Waals surface area contributed by atoms with Gasteiger partial charge in [-0.1, -0.05) is 62.2 Å². The minimum absolute atomic E-state index is 0.0314. The fraction of sp³-hybridized carbons (Fsp3) is 0.333. The summed E-state index contributed by atoms with van der Waals surface area (Å²) in [4.78, 5) is 16.3. The van der Waals surface area contributed by atoms with Gasteiger partial charge in [-0.3, -0.25) is 10.1 Å². The van der Waals surface area contributed by atoms with Crippen molar-refractivity contribution in [2.75, 3.05) is 0 Å². The Morgan fingerprint density at radius 1 is 1.26 bits per heavy atom. The van der Waals surface area contributed by atoms with Gasteiger partial charge >= 0.3 is 5.97 Å². The van der Waals surface area contributed by atoms with E-state index < -0.39 is 12.0 Å². The van der Waals surface area contributed by atoms with E-state index in [4.69, 9.17) is 16.6 Å². The zero-order valence-electron chi connectivity index (χ0n) is 15.5. The maximum absolute atomic E-state index is 11.6. The van der Waals surface area contributed by atoms with E-state index in [1.165, 1.54) is 0 Å². The first-order valence-corrected chi connectivity index (χ1v) is 9.52. The first kappa shape index (κ1) is 19.4. The van der Waals surface area contributed by atoms with Gasteiger partial charge in [-0.05, 0) is 29.7 Å². The van der Waals surface area contributed by atoms with Crippen molar-refractivity contribution in [3.05, 3.63) is 64.9 Å². The lowest BCUT2D eigenvalue weighted by atomic mass is 9.99. The summed E-state index contributed by atoms with van der Waals surface area (Å²) in [6.07, 6.45) is 0.792. The van der Waals surface area contributed by atoms with Crippen molar-refractivity contribution in [3.8, 4) is 0 Å². The quantitative estimate of drug-likeness (QED) is 0.605. The molecular weight excluding hydrogens is 362 g/mol. The molecule has 142 valence electrons. The Kier molecular flexibility index (Phi) is 6.14. The van der Waals surface area contributed by atoms with Crippen LogP contribution in [0.5, 0.6) is 0 Å². The maximum Gasteiger partial charge on any atom is 0.320 e. The molecule has 0 bridgehead atoms. The molecule has 0 amide bonds. The van der Waals surface area contributed by atoms with E-state index in [1.807, 2.05) is 50.2 Å². The molecule has 0 saturated carbocycles. The van der Waals surface area contributed by atoms with Gasteiger partial charge in [0, 0.05) is 11.6 Å². The summed E-state index contributed by atoms with van der Waals surface area (Å²) in [5.41, 5.74) is 2.95. The molecule has 0 aliphatic heterocycles. The molecular formula is C21H24ClN3O2. The summed E-state index contributed by atoms with van der Waals surface area (Å²) in [6, 6.07) is 15.2. The van der Waals surface area contributed by atoms with Crippen LogP contribution in [-0.2, 0) is 17.9 Å². The van der Waals surface area contributed by atoms with Crippen molar-refractivity contribution < 1.29 is 9.90 Å². The molecule has 2 N–H and O–H groups in total. The molecule has 1 heterocycles. The summed E-state index contributed by atoms with van der Waals surface area (Å²) < 4.78 is 2.11. The standard InChI is InChI=1S/C21H24ClN3O2/c1-3-14(2)20(21(26)27)23-12-19-24-17-11-16(22)9-10-18(17)25(19)13-15-7-5-4-6-8-15/h4-11,14,20,23H,3,12-13H2,1-2H3,(H,26,27)/t14-,20-/m0/s1. The number of nitrogens with one attached hydrogen (secondary N) is 1. The van der Waals surface area contributed by atoms with Gasteiger partial charge < -0.3 is 9.67 Å². The number of benzene rings is 2. The lowest BCUT2D eigenvalue weighted by Crippen LogP contribution is -2.41. The van der Waals surface area contributed by atoms with Crippen molar-refractivity contribution in [3.63, 3.8) is 0 Å². The van der Waals surface area contributed by atoms with Crippen molar-refractivity contribution in [2.24, 2.45) is 5.92 Å². The van der Waals surface area contributed by atoms with Crippen LogP contribution in [0.2, 0.25) is 5.02 Å². The van der Waals surface area contributed by atoms with Gasteiger partial charge in [-0.2, -0.15) is 0 Å². The minimum atomic E-state index is -0.835. The van der Waals surface area contributed by atoms with Crippen molar-refractivity contribution >= 4 is 28.6 Å². The molecule has 0 aliphatic rings. The highest BCUT2D eigenvalue weighted by Gasteiger charge is 2.23. The molecule has 0 fully saturated rings. The lowest BCUT2D eigenvalue weighted by molar-refractivity contribution is -0.140. The van der Waals surface area contributed by atoms with Crippen LogP contribution < -0.4 is 5.32 Å². The number of imidazole rings is 1. The molecule has 2 atom stereocenters. The number of fused-ring (bicyclic) bond motifs is 1. The lowest BCUT2D eigenvalue weighted by Gasteiger charge is -2.20. The molecule has 3 aromatic rings. The zero-order chi connectivity index (χ0) is 19.4. The van der Waals surface area contributed by atoms with Gasteiger partial charge in [0.05, 0.1) is 17.6 Å². The maximum atomic E-state index is 11.6. The van der Waals surface area contributed by atoms with Gasteiger partial charge in [0.1, 0.15) is 11.9 Å². The predicted molar refractivity (Wildman–Crippen MR) is 108 cm³/mol. The van der Waals surface area contributed by atoms with Crippen LogP contribution in [0.3, 0.4) is 0 Å². The number of rotatable bonds is 8. The Bertz CT molecular complexity index is 924. The number of carboxylic acid groups (broad SMARTS) is 1. The Labute approximate surface area is 164 Å². The number of hydrogen-bond donors (Lipinski definition) is 2. The monoisotopic (exact) mass is 385 g/mol. The molecule has 0 aliphatic carbocycles. The molecule has 6 heteroatoms. The van der Waals surface area contributed by atoms with E-state index in [1.54, 1.807) is 0 Å². The van der Waals surface area contributed by atoms with E-state index in [2.05, 4.69) is 22.0 Å². The van der Waals surface area contributed by atoms with E-state index in [0.29, 0.717) is 18.1 Å². The number of aromatic nitrogens is 2. The summed E-state index contributed by atoms with van der Waals surface area (Å²) in [6.45, 7) is 4.98. The van der Waals surface area contributed by atoms with Gasteiger partial charge in [0.2, 0.25) is 0 Å². The summed E-state index contributed by atoms with van der Waals surface area (Å²) in [7, 11) is 0. The number of halogens is 1. The van der Waals surface area contributed by atoms with Crippen LogP contribution in [0.1, 0.15) is 31.7 Å². The fourth-order valence-corrected chi connectivity index (χ4v) is 3.37. The number of aliphatic carboxylic acids is 1. The first-order chi connectivity index (χ1) is 13.0. The Hall–Kier alpha value is -2.37. The molecule has 0 radical (unpaired) electrons. The van der Waals surface area contributed by atoms with Crippen LogP contribution in [0.15, 0.2) is 48.5 Å². The van der Waals surface area contributed by atoms with Gasteiger partial charge in [0.15, 0.2) is 0 Å². The van der Waals surface area contributed by atoms with Crippen LogP contribution in [0.25, 0.3) is 11.0 Å². The van der Waals surface area contributed by atoms with Gasteiger partial charge in [-0.25, -0.2) is 4.98 Å². The zero-order valence-corrected chi connectivity index (χ0v) is 16.3.